The molecular weight excluding hydrogens is 268 g/mol. The molecule has 21 heavy (non-hydrogen) atoms. The maximum absolute atomic E-state index is 11.4. The summed E-state index contributed by atoms with van der Waals surface area (Å²) in [5.41, 5.74) is -0.785. The van der Waals surface area contributed by atoms with Crippen molar-refractivity contribution in [1.29, 1.82) is 0 Å². The molecule has 2 N–H and O–H groups in total. The van der Waals surface area contributed by atoms with Crippen molar-refractivity contribution in [1.82, 2.24) is 10.2 Å². The van der Waals surface area contributed by atoms with Crippen molar-refractivity contribution in [2.75, 3.05) is 33.3 Å². The second-order valence-electron chi connectivity index (χ2n) is 6.32. The van der Waals surface area contributed by atoms with Gasteiger partial charge < -0.3 is 20.1 Å². The van der Waals surface area contributed by atoms with E-state index in [0.29, 0.717) is 12.5 Å². The number of aliphatic carboxylic acids is 1. The molecule has 1 heterocycles. The predicted molar refractivity (Wildman–Crippen MR) is 84.7 cm³/mol. The van der Waals surface area contributed by atoms with Crippen LogP contribution < -0.4 is 5.32 Å². The van der Waals surface area contributed by atoms with Gasteiger partial charge in [-0.15, -0.1) is 0 Å². The second kappa shape index (κ2) is 9.38. The van der Waals surface area contributed by atoms with Crippen LogP contribution in [0.15, 0.2) is 0 Å². The summed E-state index contributed by atoms with van der Waals surface area (Å²) in [4.78, 5) is 13.9. The van der Waals surface area contributed by atoms with Crippen molar-refractivity contribution in [2.45, 2.75) is 64.0 Å². The van der Waals surface area contributed by atoms with E-state index in [1.165, 1.54) is 6.42 Å². The van der Waals surface area contributed by atoms with E-state index >= 15 is 0 Å². The number of hydrogen-bond acceptors (Lipinski definition) is 4. The molecule has 0 radical (unpaired) electrons. The Labute approximate surface area is 129 Å². The highest BCUT2D eigenvalue weighted by molar-refractivity contribution is 5.78. The molecule has 1 fully saturated rings. The average molecular weight is 300 g/mol. The molecule has 5 heteroatoms. The highest BCUT2D eigenvalue weighted by atomic mass is 16.5. The maximum Gasteiger partial charge on any atom is 0.323 e. The van der Waals surface area contributed by atoms with Gasteiger partial charge in [-0.25, -0.2) is 0 Å². The van der Waals surface area contributed by atoms with Crippen LogP contribution in [-0.4, -0.2) is 60.9 Å². The Hall–Kier alpha value is -0.650. The van der Waals surface area contributed by atoms with Crippen molar-refractivity contribution >= 4 is 5.97 Å². The van der Waals surface area contributed by atoms with Crippen molar-refractivity contribution < 1.29 is 14.6 Å². The summed E-state index contributed by atoms with van der Waals surface area (Å²) in [5.74, 6) is -0.742. The van der Waals surface area contributed by atoms with E-state index in [1.54, 1.807) is 14.0 Å². The summed E-state index contributed by atoms with van der Waals surface area (Å²) in [7, 11) is 1.78. The van der Waals surface area contributed by atoms with Gasteiger partial charge in [0.1, 0.15) is 5.54 Å². The van der Waals surface area contributed by atoms with Crippen molar-refractivity contribution in [2.24, 2.45) is 0 Å². The third-order valence-corrected chi connectivity index (χ3v) is 4.43. The zero-order valence-electron chi connectivity index (χ0n) is 13.9. The summed E-state index contributed by atoms with van der Waals surface area (Å²) >= 11 is 0. The number of nitrogens with one attached hydrogen (secondary N) is 1. The standard InChI is InChI=1S/C16H32N2O3/c1-4-10-17-16(2,15(19)20)9-5-6-11-18-12-7-8-14(13-18)21-3/h14,17H,4-13H2,1-3H3,(H,19,20). The molecule has 124 valence electrons. The number of piperidine rings is 1. The van der Waals surface area contributed by atoms with E-state index in [4.69, 9.17) is 4.74 Å². The predicted octanol–water partition coefficient (Wildman–Crippen LogP) is 2.11. The number of hydrogen-bond donors (Lipinski definition) is 2. The third kappa shape index (κ3) is 6.32. The Morgan fingerprint density at radius 3 is 2.86 bits per heavy atom. The van der Waals surface area contributed by atoms with E-state index in [-0.39, 0.29) is 0 Å². The fraction of sp³-hybridized carbons (Fsp3) is 0.938. The lowest BCUT2D eigenvalue weighted by Crippen LogP contribution is -2.49. The summed E-state index contributed by atoms with van der Waals surface area (Å²) in [6.07, 6.45) is 6.35. The minimum Gasteiger partial charge on any atom is -0.480 e. The van der Waals surface area contributed by atoms with E-state index in [0.717, 1.165) is 51.9 Å². The zero-order chi connectivity index (χ0) is 15.7. The van der Waals surface area contributed by atoms with E-state index in [9.17, 15) is 9.90 Å². The highest BCUT2D eigenvalue weighted by Gasteiger charge is 2.31. The van der Waals surface area contributed by atoms with E-state index < -0.39 is 11.5 Å². The first-order valence-corrected chi connectivity index (χ1v) is 8.25. The van der Waals surface area contributed by atoms with Gasteiger partial charge in [0.2, 0.25) is 0 Å². The van der Waals surface area contributed by atoms with Crippen LogP contribution in [0.1, 0.15) is 52.4 Å². The lowest BCUT2D eigenvalue weighted by molar-refractivity contribution is -0.144. The fourth-order valence-electron chi connectivity index (χ4n) is 2.89. The molecule has 1 aliphatic heterocycles. The number of likely N-dealkylation sites (tertiary alicyclic amines) is 1. The van der Waals surface area contributed by atoms with Gasteiger partial charge in [0.25, 0.3) is 0 Å². The Balaban J connectivity index is 2.26. The number of nitrogens with zero attached hydrogens (tertiary/aromatic N) is 1. The van der Waals surface area contributed by atoms with Crippen LogP contribution in [0.2, 0.25) is 0 Å². The van der Waals surface area contributed by atoms with Gasteiger partial charge in [-0.2, -0.15) is 0 Å². The molecule has 2 atom stereocenters. The van der Waals surface area contributed by atoms with Gasteiger partial charge in [-0.05, 0) is 65.1 Å². The van der Waals surface area contributed by atoms with E-state index in [1.807, 2.05) is 0 Å². The number of carboxylic acids is 1. The van der Waals surface area contributed by atoms with Crippen LogP contribution in [0.5, 0.6) is 0 Å². The Morgan fingerprint density at radius 2 is 2.24 bits per heavy atom. The largest absolute Gasteiger partial charge is 0.480 e. The first-order valence-electron chi connectivity index (χ1n) is 8.25. The smallest absolute Gasteiger partial charge is 0.323 e. The van der Waals surface area contributed by atoms with Gasteiger partial charge in [0.05, 0.1) is 6.10 Å². The Kier molecular flexibility index (Phi) is 8.22. The van der Waals surface area contributed by atoms with Crippen LogP contribution in [0.25, 0.3) is 0 Å². The number of carboxylic acid groups (broad SMARTS) is 1. The Morgan fingerprint density at radius 1 is 1.48 bits per heavy atom. The van der Waals surface area contributed by atoms with Crippen molar-refractivity contribution in [3.05, 3.63) is 0 Å². The summed E-state index contributed by atoms with van der Waals surface area (Å²) < 4.78 is 5.43. The SMILES string of the molecule is CCCNC(C)(CCCCN1CCCC(OC)C1)C(=O)O. The number of rotatable bonds is 10. The minimum absolute atomic E-state index is 0.370. The molecule has 0 bridgehead atoms. The number of carbonyl (C=O) groups is 1. The van der Waals surface area contributed by atoms with Gasteiger partial charge in [-0.3, -0.25) is 4.79 Å². The number of ether oxygens (including phenoxy) is 1. The monoisotopic (exact) mass is 300 g/mol. The first kappa shape index (κ1) is 18.4. The molecule has 1 saturated heterocycles. The zero-order valence-corrected chi connectivity index (χ0v) is 13.9. The Bertz CT molecular complexity index is 312. The summed E-state index contributed by atoms with van der Waals surface area (Å²) in [6.45, 7) is 7.81. The lowest BCUT2D eigenvalue weighted by atomic mass is 9.94. The van der Waals surface area contributed by atoms with Gasteiger partial charge in [-0.1, -0.05) is 6.92 Å². The molecule has 0 aromatic heterocycles. The normalized spacial score (nSPS) is 22.9. The molecule has 2 unspecified atom stereocenters. The van der Waals surface area contributed by atoms with Crippen LogP contribution in [0, 0.1) is 0 Å². The lowest BCUT2D eigenvalue weighted by Gasteiger charge is -2.32. The van der Waals surface area contributed by atoms with Gasteiger partial charge >= 0.3 is 5.97 Å². The molecule has 0 amide bonds. The highest BCUT2D eigenvalue weighted by Crippen LogP contribution is 2.17. The molecule has 1 rings (SSSR count). The molecule has 0 aliphatic carbocycles. The van der Waals surface area contributed by atoms with Crippen molar-refractivity contribution in [3.8, 4) is 0 Å². The second-order valence-corrected chi connectivity index (χ2v) is 6.32. The summed E-state index contributed by atoms with van der Waals surface area (Å²) in [6, 6.07) is 0. The number of unbranched alkanes of at least 4 members (excludes halogenated alkanes) is 1. The fourth-order valence-corrected chi connectivity index (χ4v) is 2.89. The first-order chi connectivity index (χ1) is 10.0. The molecule has 0 aromatic rings. The minimum atomic E-state index is -0.785. The topological polar surface area (TPSA) is 61.8 Å². The molecule has 5 nitrogen and oxygen atoms in total. The van der Waals surface area contributed by atoms with Gasteiger partial charge in [0.15, 0.2) is 0 Å². The van der Waals surface area contributed by atoms with Crippen molar-refractivity contribution in [3.63, 3.8) is 0 Å². The number of methoxy groups -OCH3 is 1. The average Bonchev–Trinajstić information content (AvgIpc) is 2.49. The third-order valence-electron chi connectivity index (χ3n) is 4.43. The molecule has 0 saturated carbocycles. The molecule has 1 aliphatic rings. The van der Waals surface area contributed by atoms with E-state index in [2.05, 4.69) is 17.1 Å². The summed E-state index contributed by atoms with van der Waals surface area (Å²) in [5, 5.41) is 12.6. The molecule has 0 spiro atoms. The quantitative estimate of drug-likeness (QED) is 0.605. The van der Waals surface area contributed by atoms with Gasteiger partial charge in [0, 0.05) is 13.7 Å². The molecular formula is C16H32N2O3. The molecule has 0 aromatic carbocycles. The maximum atomic E-state index is 11.4. The van der Waals surface area contributed by atoms with Crippen LogP contribution in [0.3, 0.4) is 0 Å². The van der Waals surface area contributed by atoms with Crippen LogP contribution >= 0.6 is 0 Å². The van der Waals surface area contributed by atoms with Crippen LogP contribution in [0.4, 0.5) is 0 Å². The van der Waals surface area contributed by atoms with Crippen LogP contribution in [-0.2, 0) is 9.53 Å².